The van der Waals surface area contributed by atoms with Gasteiger partial charge in [0.25, 0.3) is 0 Å². The molecule has 26 heavy (non-hydrogen) atoms. The van der Waals surface area contributed by atoms with Crippen LogP contribution in [0.15, 0.2) is 24.3 Å². The highest BCUT2D eigenvalue weighted by molar-refractivity contribution is 5.76. The summed E-state index contributed by atoms with van der Waals surface area (Å²) in [6.07, 6.45) is 7.14. The SMILES string of the molecule is COc1cccc(CN2CCC(CC(=O)N3CC4CCCC4C3)CC2)c1. The Morgan fingerprint density at radius 2 is 1.85 bits per heavy atom. The molecule has 4 rings (SSSR count). The second kappa shape index (κ2) is 7.99. The number of fused-ring (bicyclic) bond motifs is 1. The van der Waals surface area contributed by atoms with Crippen molar-refractivity contribution in [1.29, 1.82) is 0 Å². The third-order valence-corrected chi connectivity index (χ3v) is 6.79. The van der Waals surface area contributed by atoms with E-state index in [1.165, 1.54) is 24.8 Å². The van der Waals surface area contributed by atoms with Crippen molar-refractivity contribution in [3.05, 3.63) is 29.8 Å². The van der Waals surface area contributed by atoms with Crippen LogP contribution in [0.25, 0.3) is 0 Å². The Hall–Kier alpha value is -1.55. The molecule has 142 valence electrons. The van der Waals surface area contributed by atoms with Gasteiger partial charge in [0.05, 0.1) is 7.11 Å². The van der Waals surface area contributed by atoms with Crippen LogP contribution in [0.1, 0.15) is 44.1 Å². The van der Waals surface area contributed by atoms with Crippen LogP contribution in [0.5, 0.6) is 5.75 Å². The third-order valence-electron chi connectivity index (χ3n) is 6.79. The third kappa shape index (κ3) is 4.06. The fourth-order valence-electron chi connectivity index (χ4n) is 5.19. The van der Waals surface area contributed by atoms with Crippen LogP contribution in [0.2, 0.25) is 0 Å². The first-order chi connectivity index (χ1) is 12.7. The van der Waals surface area contributed by atoms with Crippen LogP contribution in [0, 0.1) is 17.8 Å². The molecule has 1 aliphatic carbocycles. The lowest BCUT2D eigenvalue weighted by Gasteiger charge is -2.32. The lowest BCUT2D eigenvalue weighted by molar-refractivity contribution is -0.131. The Kier molecular flexibility index (Phi) is 5.49. The predicted molar refractivity (Wildman–Crippen MR) is 103 cm³/mol. The van der Waals surface area contributed by atoms with Crippen LogP contribution < -0.4 is 4.74 Å². The largest absolute Gasteiger partial charge is 0.497 e. The van der Waals surface area contributed by atoms with Crippen molar-refractivity contribution in [2.24, 2.45) is 17.8 Å². The van der Waals surface area contributed by atoms with Crippen molar-refractivity contribution in [1.82, 2.24) is 9.80 Å². The molecule has 2 saturated heterocycles. The molecule has 3 fully saturated rings. The zero-order chi connectivity index (χ0) is 17.9. The van der Waals surface area contributed by atoms with E-state index in [0.29, 0.717) is 11.8 Å². The van der Waals surface area contributed by atoms with Gasteiger partial charge in [-0.05, 0) is 74.2 Å². The van der Waals surface area contributed by atoms with Gasteiger partial charge in [0.15, 0.2) is 0 Å². The van der Waals surface area contributed by atoms with Crippen molar-refractivity contribution in [2.75, 3.05) is 33.3 Å². The molecule has 0 bridgehead atoms. The molecular weight excluding hydrogens is 324 g/mol. The zero-order valence-corrected chi connectivity index (χ0v) is 16.0. The molecule has 0 aromatic heterocycles. The number of carbonyl (C=O) groups excluding carboxylic acids is 1. The molecule has 2 heterocycles. The molecule has 0 spiro atoms. The number of rotatable bonds is 5. The summed E-state index contributed by atoms with van der Waals surface area (Å²) in [5.74, 6) is 3.54. The highest BCUT2D eigenvalue weighted by atomic mass is 16.5. The van der Waals surface area contributed by atoms with Crippen molar-refractivity contribution >= 4 is 5.91 Å². The van der Waals surface area contributed by atoms with Crippen LogP contribution in [0.4, 0.5) is 0 Å². The van der Waals surface area contributed by atoms with E-state index in [0.717, 1.165) is 69.6 Å². The maximum absolute atomic E-state index is 12.7. The minimum Gasteiger partial charge on any atom is -0.497 e. The molecule has 1 saturated carbocycles. The quantitative estimate of drug-likeness (QED) is 0.809. The number of hydrogen-bond acceptors (Lipinski definition) is 3. The summed E-state index contributed by atoms with van der Waals surface area (Å²) in [6, 6.07) is 8.35. The van der Waals surface area contributed by atoms with Crippen molar-refractivity contribution in [3.8, 4) is 5.75 Å². The van der Waals surface area contributed by atoms with Crippen molar-refractivity contribution in [3.63, 3.8) is 0 Å². The fraction of sp³-hybridized carbons (Fsp3) is 0.682. The number of benzene rings is 1. The standard InChI is InChI=1S/C22H32N2O2/c1-26-21-7-2-4-18(12-21)14-23-10-8-17(9-11-23)13-22(25)24-15-19-5-3-6-20(19)16-24/h2,4,7,12,17,19-20H,3,5-6,8-11,13-16H2,1H3. The van der Waals surface area contributed by atoms with E-state index in [9.17, 15) is 4.79 Å². The average Bonchev–Trinajstić information content (AvgIpc) is 3.25. The number of carbonyl (C=O) groups is 1. The molecule has 2 atom stereocenters. The van der Waals surface area contributed by atoms with Gasteiger partial charge < -0.3 is 9.64 Å². The van der Waals surface area contributed by atoms with E-state index in [4.69, 9.17) is 4.74 Å². The monoisotopic (exact) mass is 356 g/mol. The predicted octanol–water partition coefficient (Wildman–Crippen LogP) is 3.56. The zero-order valence-electron chi connectivity index (χ0n) is 16.0. The highest BCUT2D eigenvalue weighted by Gasteiger charge is 2.38. The van der Waals surface area contributed by atoms with Gasteiger partial charge >= 0.3 is 0 Å². The molecular formula is C22H32N2O2. The van der Waals surface area contributed by atoms with Gasteiger partial charge in [0, 0.05) is 26.1 Å². The summed E-state index contributed by atoms with van der Waals surface area (Å²) in [7, 11) is 1.72. The van der Waals surface area contributed by atoms with E-state index in [2.05, 4.69) is 28.0 Å². The molecule has 0 radical (unpaired) electrons. The normalized spacial score (nSPS) is 26.9. The fourth-order valence-corrected chi connectivity index (χ4v) is 5.19. The number of piperidine rings is 1. The Morgan fingerprint density at radius 1 is 1.12 bits per heavy atom. The topological polar surface area (TPSA) is 32.8 Å². The van der Waals surface area contributed by atoms with Crippen LogP contribution >= 0.6 is 0 Å². The van der Waals surface area contributed by atoms with E-state index in [1.54, 1.807) is 7.11 Å². The first-order valence-electron chi connectivity index (χ1n) is 10.3. The van der Waals surface area contributed by atoms with Gasteiger partial charge in [-0.3, -0.25) is 9.69 Å². The minimum atomic E-state index is 0.422. The lowest BCUT2D eigenvalue weighted by atomic mass is 9.92. The highest BCUT2D eigenvalue weighted by Crippen LogP contribution is 2.38. The second-order valence-corrected chi connectivity index (χ2v) is 8.52. The van der Waals surface area contributed by atoms with Gasteiger partial charge in [0.2, 0.25) is 5.91 Å². The lowest BCUT2D eigenvalue weighted by Crippen LogP contribution is -2.36. The van der Waals surface area contributed by atoms with E-state index >= 15 is 0 Å². The first kappa shape index (κ1) is 17.8. The molecule has 3 aliphatic rings. The molecule has 1 amide bonds. The second-order valence-electron chi connectivity index (χ2n) is 8.52. The summed E-state index contributed by atoms with van der Waals surface area (Å²) in [5, 5.41) is 0. The van der Waals surface area contributed by atoms with E-state index < -0.39 is 0 Å². The van der Waals surface area contributed by atoms with Crippen molar-refractivity contribution in [2.45, 2.75) is 45.1 Å². The van der Waals surface area contributed by atoms with Crippen LogP contribution in [0.3, 0.4) is 0 Å². The van der Waals surface area contributed by atoms with E-state index in [1.807, 2.05) is 6.07 Å². The van der Waals surface area contributed by atoms with Gasteiger partial charge in [-0.2, -0.15) is 0 Å². The Balaban J connectivity index is 1.21. The number of amides is 1. The molecule has 0 N–H and O–H groups in total. The smallest absolute Gasteiger partial charge is 0.222 e. The number of ether oxygens (including phenoxy) is 1. The van der Waals surface area contributed by atoms with Gasteiger partial charge in [-0.25, -0.2) is 0 Å². The van der Waals surface area contributed by atoms with Gasteiger partial charge in [-0.15, -0.1) is 0 Å². The average molecular weight is 357 g/mol. The number of methoxy groups -OCH3 is 1. The van der Waals surface area contributed by atoms with Gasteiger partial charge in [-0.1, -0.05) is 18.6 Å². The number of nitrogens with zero attached hydrogens (tertiary/aromatic N) is 2. The summed E-state index contributed by atoms with van der Waals surface area (Å²) in [4.78, 5) is 17.4. The summed E-state index contributed by atoms with van der Waals surface area (Å²) in [6.45, 7) is 5.25. The summed E-state index contributed by atoms with van der Waals surface area (Å²) >= 11 is 0. The Bertz CT molecular complexity index is 612. The molecule has 2 aliphatic heterocycles. The van der Waals surface area contributed by atoms with Gasteiger partial charge in [0.1, 0.15) is 5.75 Å². The van der Waals surface area contributed by atoms with Crippen molar-refractivity contribution < 1.29 is 9.53 Å². The number of hydrogen-bond donors (Lipinski definition) is 0. The first-order valence-corrected chi connectivity index (χ1v) is 10.3. The Labute approximate surface area is 157 Å². The van der Waals surface area contributed by atoms with Crippen LogP contribution in [-0.2, 0) is 11.3 Å². The van der Waals surface area contributed by atoms with E-state index in [-0.39, 0.29) is 0 Å². The molecule has 1 aromatic rings. The Morgan fingerprint density at radius 3 is 2.54 bits per heavy atom. The molecule has 4 nitrogen and oxygen atoms in total. The minimum absolute atomic E-state index is 0.422. The molecule has 1 aromatic carbocycles. The maximum Gasteiger partial charge on any atom is 0.222 e. The van der Waals surface area contributed by atoms with Crippen LogP contribution in [-0.4, -0.2) is 49.0 Å². The molecule has 2 unspecified atom stereocenters. The molecule has 4 heteroatoms. The summed E-state index contributed by atoms with van der Waals surface area (Å²) in [5.41, 5.74) is 1.31. The maximum atomic E-state index is 12.7. The number of likely N-dealkylation sites (tertiary alicyclic amines) is 2. The summed E-state index contributed by atoms with van der Waals surface area (Å²) < 4.78 is 5.32.